The standard InChI is InChI=1S/C31H38ClN3O4S/c1-21-11-14-27(15-12-21)40(38,39)35(28-16-13-26(32)18-23(28)3)20-29(36)34(19-25-10-8-9-22(2)17-25)24(4)30(37)33-31(5,6)7/h8-18,24H,19-20H2,1-7H3,(H,33,37)/t24-/m0/s1. The molecule has 0 aliphatic carbocycles. The van der Waals surface area contributed by atoms with Crippen LogP contribution in [0.5, 0.6) is 0 Å². The van der Waals surface area contributed by atoms with Gasteiger partial charge in [-0.15, -0.1) is 0 Å². The molecule has 9 heteroatoms. The van der Waals surface area contributed by atoms with Crippen molar-refractivity contribution >= 4 is 39.1 Å². The molecule has 3 aromatic rings. The molecule has 2 amide bonds. The maximum atomic E-state index is 14.1. The highest BCUT2D eigenvalue weighted by Crippen LogP contribution is 2.29. The van der Waals surface area contributed by atoms with Gasteiger partial charge in [0.2, 0.25) is 11.8 Å². The number of hydrogen-bond acceptors (Lipinski definition) is 4. The molecule has 0 heterocycles. The van der Waals surface area contributed by atoms with Crippen LogP contribution in [0.1, 0.15) is 49.9 Å². The van der Waals surface area contributed by atoms with Gasteiger partial charge in [-0.1, -0.05) is 59.1 Å². The van der Waals surface area contributed by atoms with Crippen LogP contribution in [0.2, 0.25) is 5.02 Å². The van der Waals surface area contributed by atoms with Gasteiger partial charge >= 0.3 is 0 Å². The zero-order valence-corrected chi connectivity index (χ0v) is 25.7. The van der Waals surface area contributed by atoms with Crippen molar-refractivity contribution in [3.8, 4) is 0 Å². The molecule has 0 radical (unpaired) electrons. The van der Waals surface area contributed by atoms with Crippen molar-refractivity contribution in [2.75, 3.05) is 10.8 Å². The van der Waals surface area contributed by atoms with Crippen LogP contribution in [-0.4, -0.2) is 43.3 Å². The molecule has 0 unspecified atom stereocenters. The number of sulfonamides is 1. The first-order chi connectivity index (χ1) is 18.6. The van der Waals surface area contributed by atoms with Crippen LogP contribution in [0.15, 0.2) is 71.6 Å². The number of nitrogens with one attached hydrogen (secondary N) is 1. The zero-order chi connectivity index (χ0) is 29.8. The highest BCUT2D eigenvalue weighted by molar-refractivity contribution is 7.92. The Bertz CT molecular complexity index is 1480. The first kappa shape index (κ1) is 31.2. The fourth-order valence-corrected chi connectivity index (χ4v) is 6.02. The van der Waals surface area contributed by atoms with Crippen LogP contribution < -0.4 is 9.62 Å². The summed E-state index contributed by atoms with van der Waals surface area (Å²) in [7, 11) is -4.15. The Labute approximate surface area is 243 Å². The Morgan fingerprint density at radius 1 is 0.925 bits per heavy atom. The van der Waals surface area contributed by atoms with Crippen molar-refractivity contribution in [1.29, 1.82) is 0 Å². The maximum absolute atomic E-state index is 14.1. The molecular weight excluding hydrogens is 546 g/mol. The van der Waals surface area contributed by atoms with Gasteiger partial charge in [-0.2, -0.15) is 0 Å². The highest BCUT2D eigenvalue weighted by Gasteiger charge is 2.34. The Kier molecular flexibility index (Phi) is 9.69. The Morgan fingerprint density at radius 2 is 1.57 bits per heavy atom. The number of halogens is 1. The van der Waals surface area contributed by atoms with Crippen molar-refractivity contribution in [3.05, 3.63) is 94.0 Å². The van der Waals surface area contributed by atoms with Gasteiger partial charge < -0.3 is 10.2 Å². The lowest BCUT2D eigenvalue weighted by atomic mass is 10.1. The number of rotatable bonds is 9. The minimum Gasteiger partial charge on any atom is -0.350 e. The average Bonchev–Trinajstić information content (AvgIpc) is 2.85. The number of hydrogen-bond donors (Lipinski definition) is 1. The lowest BCUT2D eigenvalue weighted by molar-refractivity contribution is -0.140. The smallest absolute Gasteiger partial charge is 0.264 e. The molecule has 0 spiro atoms. The molecule has 0 aliphatic rings. The summed E-state index contributed by atoms with van der Waals surface area (Å²) < 4.78 is 29.1. The van der Waals surface area contributed by atoms with Crippen molar-refractivity contribution in [3.63, 3.8) is 0 Å². The largest absolute Gasteiger partial charge is 0.350 e. The number of benzene rings is 3. The molecular formula is C31H38ClN3O4S. The molecule has 214 valence electrons. The van der Waals surface area contributed by atoms with E-state index in [1.807, 2.05) is 58.9 Å². The number of amides is 2. The van der Waals surface area contributed by atoms with E-state index in [0.29, 0.717) is 16.3 Å². The van der Waals surface area contributed by atoms with Gasteiger partial charge in [0.25, 0.3) is 10.0 Å². The summed E-state index contributed by atoms with van der Waals surface area (Å²) in [5, 5.41) is 3.39. The number of anilines is 1. The van der Waals surface area contributed by atoms with Crippen molar-refractivity contribution < 1.29 is 18.0 Å². The van der Waals surface area contributed by atoms with Crippen LogP contribution in [0.25, 0.3) is 0 Å². The Balaban J connectivity index is 2.08. The van der Waals surface area contributed by atoms with Gasteiger partial charge in [-0.3, -0.25) is 13.9 Å². The second-order valence-corrected chi connectivity index (χ2v) is 13.5. The monoisotopic (exact) mass is 583 g/mol. The topological polar surface area (TPSA) is 86.8 Å². The minimum atomic E-state index is -4.15. The molecule has 7 nitrogen and oxygen atoms in total. The third kappa shape index (κ3) is 7.86. The predicted octanol–water partition coefficient (Wildman–Crippen LogP) is 5.79. The van der Waals surface area contributed by atoms with Gasteiger partial charge in [0.05, 0.1) is 10.6 Å². The molecule has 3 aromatic carbocycles. The van der Waals surface area contributed by atoms with Crippen molar-refractivity contribution in [2.24, 2.45) is 0 Å². The van der Waals surface area contributed by atoms with Crippen LogP contribution in [0, 0.1) is 20.8 Å². The normalized spacial score (nSPS) is 12.5. The van der Waals surface area contributed by atoms with Crippen LogP contribution >= 0.6 is 11.6 Å². The van der Waals surface area contributed by atoms with Gasteiger partial charge in [-0.05, 0) is 89.9 Å². The van der Waals surface area contributed by atoms with E-state index in [-0.39, 0.29) is 17.3 Å². The minimum absolute atomic E-state index is 0.0593. The van der Waals surface area contributed by atoms with E-state index < -0.39 is 34.1 Å². The number of carbonyl (C=O) groups is 2. The summed E-state index contributed by atoms with van der Waals surface area (Å²) in [6.07, 6.45) is 0. The molecule has 1 N–H and O–H groups in total. The lowest BCUT2D eigenvalue weighted by Gasteiger charge is -2.34. The molecule has 0 fully saturated rings. The summed E-state index contributed by atoms with van der Waals surface area (Å²) in [5.74, 6) is -0.841. The lowest BCUT2D eigenvalue weighted by Crippen LogP contribution is -2.54. The maximum Gasteiger partial charge on any atom is 0.264 e. The molecule has 0 aromatic heterocycles. The second kappa shape index (κ2) is 12.4. The molecule has 3 rings (SSSR count). The van der Waals surface area contributed by atoms with E-state index in [0.717, 1.165) is 21.0 Å². The molecule has 1 atom stereocenters. The van der Waals surface area contributed by atoms with E-state index in [9.17, 15) is 18.0 Å². The highest BCUT2D eigenvalue weighted by atomic mass is 35.5. The van der Waals surface area contributed by atoms with Gasteiger partial charge in [0, 0.05) is 17.1 Å². The number of carbonyl (C=O) groups excluding carboxylic acids is 2. The number of aryl methyl sites for hydroxylation is 3. The molecule has 0 saturated carbocycles. The SMILES string of the molecule is Cc1ccc(S(=O)(=O)N(CC(=O)N(Cc2cccc(C)c2)[C@@H](C)C(=O)NC(C)(C)C)c2ccc(Cl)cc2C)cc1. The fourth-order valence-electron chi connectivity index (χ4n) is 4.31. The van der Waals surface area contributed by atoms with Gasteiger partial charge in [-0.25, -0.2) is 8.42 Å². The van der Waals surface area contributed by atoms with Crippen LogP contribution in [0.3, 0.4) is 0 Å². The third-order valence-corrected chi connectivity index (χ3v) is 8.43. The zero-order valence-electron chi connectivity index (χ0n) is 24.2. The van der Waals surface area contributed by atoms with Gasteiger partial charge in [0.1, 0.15) is 12.6 Å². The van der Waals surface area contributed by atoms with E-state index >= 15 is 0 Å². The average molecular weight is 584 g/mol. The van der Waals surface area contributed by atoms with E-state index in [2.05, 4.69) is 5.32 Å². The predicted molar refractivity (Wildman–Crippen MR) is 161 cm³/mol. The van der Waals surface area contributed by atoms with Crippen LogP contribution in [0.4, 0.5) is 5.69 Å². The molecule has 0 bridgehead atoms. The Hall–Kier alpha value is -3.36. The van der Waals surface area contributed by atoms with Gasteiger partial charge in [0.15, 0.2) is 0 Å². The van der Waals surface area contributed by atoms with Crippen molar-refractivity contribution in [1.82, 2.24) is 10.2 Å². The van der Waals surface area contributed by atoms with Crippen LogP contribution in [-0.2, 0) is 26.2 Å². The third-order valence-electron chi connectivity index (χ3n) is 6.42. The molecule has 0 aliphatic heterocycles. The van der Waals surface area contributed by atoms with E-state index in [1.165, 1.54) is 17.0 Å². The fraction of sp³-hybridized carbons (Fsp3) is 0.355. The van der Waals surface area contributed by atoms with E-state index in [4.69, 9.17) is 11.6 Å². The first-order valence-electron chi connectivity index (χ1n) is 13.1. The first-order valence-corrected chi connectivity index (χ1v) is 14.9. The summed E-state index contributed by atoms with van der Waals surface area (Å²) in [6.45, 7) is 12.4. The number of nitrogens with zero attached hydrogens (tertiary/aromatic N) is 2. The van der Waals surface area contributed by atoms with Crippen molar-refractivity contribution in [2.45, 2.75) is 71.5 Å². The summed E-state index contributed by atoms with van der Waals surface area (Å²) in [6, 6.07) is 18.1. The Morgan fingerprint density at radius 3 is 2.15 bits per heavy atom. The summed E-state index contributed by atoms with van der Waals surface area (Å²) in [4.78, 5) is 28.7. The second-order valence-electron chi connectivity index (χ2n) is 11.2. The van der Waals surface area contributed by atoms with E-state index in [1.54, 1.807) is 44.2 Å². The molecule has 40 heavy (non-hydrogen) atoms. The quantitative estimate of drug-likeness (QED) is 0.345. The summed E-state index contributed by atoms with van der Waals surface area (Å²) in [5.41, 5.74) is 3.18. The molecule has 0 saturated heterocycles. The summed E-state index contributed by atoms with van der Waals surface area (Å²) >= 11 is 6.17.